The molecule has 0 aromatic heterocycles. The summed E-state index contributed by atoms with van der Waals surface area (Å²) in [6, 6.07) is 0. The van der Waals surface area contributed by atoms with E-state index in [2.05, 4.69) is 0 Å². The molecule has 0 heterocycles. The summed E-state index contributed by atoms with van der Waals surface area (Å²) in [5.74, 6) is -3.23. The van der Waals surface area contributed by atoms with Crippen LogP contribution in [0.4, 0.5) is 8.78 Å². The van der Waals surface area contributed by atoms with E-state index >= 15 is 0 Å². The van der Waals surface area contributed by atoms with Gasteiger partial charge in [-0.2, -0.15) is 0 Å². The molecule has 0 amide bonds. The van der Waals surface area contributed by atoms with E-state index in [0.29, 0.717) is 0 Å². The number of carbonyl (C=O) groups excluding carboxylic acids is 2. The highest BCUT2D eigenvalue weighted by Gasteiger charge is 2.45. The summed E-state index contributed by atoms with van der Waals surface area (Å²) < 4.78 is 36.2. The van der Waals surface area contributed by atoms with Crippen LogP contribution in [-0.4, -0.2) is 37.5 Å². The van der Waals surface area contributed by atoms with Crippen LogP contribution in [0.3, 0.4) is 0 Å². The first-order valence-corrected chi connectivity index (χ1v) is 6.12. The Morgan fingerprint density at radius 2 is 1.28 bits per heavy atom. The molecule has 4 unspecified atom stereocenters. The lowest BCUT2D eigenvalue weighted by Gasteiger charge is -2.32. The van der Waals surface area contributed by atoms with Gasteiger partial charge in [-0.05, 0) is 26.7 Å². The number of hydrogen-bond donors (Lipinski definition) is 0. The molecule has 0 aromatic carbocycles. The zero-order chi connectivity index (χ0) is 13.7. The zero-order valence-electron chi connectivity index (χ0n) is 10.5. The Morgan fingerprint density at radius 3 is 1.56 bits per heavy atom. The Labute approximate surface area is 105 Å². The fraction of sp³-hybridized carbons (Fsp3) is 0.833. The van der Waals surface area contributed by atoms with Gasteiger partial charge in [0.25, 0.3) is 0 Å². The molecule has 0 spiro atoms. The molecular formula is C12H18F2O4. The van der Waals surface area contributed by atoms with Crippen molar-refractivity contribution in [3.8, 4) is 0 Å². The highest BCUT2D eigenvalue weighted by Crippen LogP contribution is 2.35. The SMILES string of the molecule is CCOC(=O)C1CC(F)C(F)CC1C(=O)OCC. The highest BCUT2D eigenvalue weighted by atomic mass is 19.2. The molecule has 1 aliphatic rings. The van der Waals surface area contributed by atoms with Crippen LogP contribution in [0.2, 0.25) is 0 Å². The predicted octanol–water partition coefficient (Wildman–Crippen LogP) is 1.81. The van der Waals surface area contributed by atoms with Crippen molar-refractivity contribution in [2.75, 3.05) is 13.2 Å². The lowest BCUT2D eigenvalue weighted by atomic mass is 9.77. The van der Waals surface area contributed by atoms with Crippen LogP contribution in [0, 0.1) is 11.8 Å². The van der Waals surface area contributed by atoms with Crippen LogP contribution in [-0.2, 0) is 19.1 Å². The van der Waals surface area contributed by atoms with Crippen LogP contribution < -0.4 is 0 Å². The topological polar surface area (TPSA) is 52.6 Å². The predicted molar refractivity (Wildman–Crippen MR) is 59.3 cm³/mol. The lowest BCUT2D eigenvalue weighted by molar-refractivity contribution is -0.165. The third kappa shape index (κ3) is 3.40. The lowest BCUT2D eigenvalue weighted by Crippen LogP contribution is -2.43. The third-order valence-electron chi connectivity index (χ3n) is 3.02. The molecule has 18 heavy (non-hydrogen) atoms. The van der Waals surface area contributed by atoms with E-state index in [-0.39, 0.29) is 26.1 Å². The smallest absolute Gasteiger partial charge is 0.309 e. The number of carbonyl (C=O) groups is 2. The highest BCUT2D eigenvalue weighted by molar-refractivity contribution is 5.82. The summed E-state index contributed by atoms with van der Waals surface area (Å²) in [7, 11) is 0. The van der Waals surface area contributed by atoms with Gasteiger partial charge in [-0.3, -0.25) is 9.59 Å². The number of ether oxygens (including phenoxy) is 2. The normalized spacial score (nSPS) is 31.8. The summed E-state index contributed by atoms with van der Waals surface area (Å²) in [5.41, 5.74) is 0. The van der Waals surface area contributed by atoms with E-state index in [1.807, 2.05) is 0 Å². The first kappa shape index (κ1) is 14.9. The summed E-state index contributed by atoms with van der Waals surface area (Å²) in [6.07, 6.45) is -4.12. The van der Waals surface area contributed by atoms with Crippen LogP contribution >= 0.6 is 0 Å². The van der Waals surface area contributed by atoms with Gasteiger partial charge in [-0.15, -0.1) is 0 Å². The van der Waals surface area contributed by atoms with Crippen LogP contribution in [0.1, 0.15) is 26.7 Å². The summed E-state index contributed by atoms with van der Waals surface area (Å²) in [6.45, 7) is 3.51. The molecular weight excluding hydrogens is 246 g/mol. The Bertz CT molecular complexity index is 278. The van der Waals surface area contributed by atoms with E-state index in [4.69, 9.17) is 9.47 Å². The maximum Gasteiger partial charge on any atom is 0.309 e. The second kappa shape index (κ2) is 6.66. The Morgan fingerprint density at radius 1 is 0.944 bits per heavy atom. The molecule has 0 aliphatic heterocycles. The van der Waals surface area contributed by atoms with Crippen molar-refractivity contribution in [3.63, 3.8) is 0 Å². The summed E-state index contributed by atoms with van der Waals surface area (Å²) in [4.78, 5) is 23.3. The largest absolute Gasteiger partial charge is 0.466 e. The minimum Gasteiger partial charge on any atom is -0.466 e. The van der Waals surface area contributed by atoms with Crippen molar-refractivity contribution in [1.29, 1.82) is 0 Å². The Hall–Kier alpha value is -1.20. The minimum atomic E-state index is -1.73. The van der Waals surface area contributed by atoms with E-state index in [0.717, 1.165) is 0 Å². The van der Waals surface area contributed by atoms with Crippen molar-refractivity contribution in [1.82, 2.24) is 0 Å². The molecule has 1 fully saturated rings. The zero-order valence-corrected chi connectivity index (χ0v) is 10.5. The molecule has 1 rings (SSSR count). The van der Waals surface area contributed by atoms with Gasteiger partial charge < -0.3 is 9.47 Å². The molecule has 0 N–H and O–H groups in total. The van der Waals surface area contributed by atoms with Gasteiger partial charge in [0.05, 0.1) is 25.0 Å². The number of halogens is 2. The number of esters is 2. The molecule has 1 saturated carbocycles. The number of hydrogen-bond acceptors (Lipinski definition) is 4. The van der Waals surface area contributed by atoms with Gasteiger partial charge in [-0.25, -0.2) is 8.78 Å². The molecule has 0 bridgehead atoms. The van der Waals surface area contributed by atoms with Gasteiger partial charge in [-0.1, -0.05) is 0 Å². The molecule has 1 aliphatic carbocycles. The van der Waals surface area contributed by atoms with Crippen molar-refractivity contribution >= 4 is 11.9 Å². The molecule has 104 valence electrons. The molecule has 4 atom stereocenters. The average molecular weight is 264 g/mol. The van der Waals surface area contributed by atoms with E-state index in [1.54, 1.807) is 13.8 Å². The van der Waals surface area contributed by atoms with Gasteiger partial charge in [0.2, 0.25) is 0 Å². The fourth-order valence-electron chi connectivity index (χ4n) is 2.13. The van der Waals surface area contributed by atoms with Crippen molar-refractivity contribution < 1.29 is 27.8 Å². The van der Waals surface area contributed by atoms with Gasteiger partial charge in [0.15, 0.2) is 0 Å². The first-order valence-electron chi connectivity index (χ1n) is 6.12. The van der Waals surface area contributed by atoms with Crippen molar-refractivity contribution in [2.24, 2.45) is 11.8 Å². The van der Waals surface area contributed by atoms with E-state index < -0.39 is 36.1 Å². The minimum absolute atomic E-state index is 0.140. The summed E-state index contributed by atoms with van der Waals surface area (Å²) in [5, 5.41) is 0. The van der Waals surface area contributed by atoms with Crippen LogP contribution in [0.5, 0.6) is 0 Å². The number of rotatable bonds is 4. The quantitative estimate of drug-likeness (QED) is 0.727. The molecule has 0 radical (unpaired) electrons. The summed E-state index contributed by atoms with van der Waals surface area (Å²) >= 11 is 0. The van der Waals surface area contributed by atoms with Crippen LogP contribution in [0.15, 0.2) is 0 Å². The van der Waals surface area contributed by atoms with Gasteiger partial charge >= 0.3 is 11.9 Å². The second-order valence-corrected chi connectivity index (χ2v) is 4.22. The fourth-order valence-corrected chi connectivity index (χ4v) is 2.13. The Kier molecular flexibility index (Phi) is 5.50. The number of alkyl halides is 2. The Balaban J connectivity index is 2.80. The third-order valence-corrected chi connectivity index (χ3v) is 3.02. The molecule has 4 nitrogen and oxygen atoms in total. The second-order valence-electron chi connectivity index (χ2n) is 4.22. The average Bonchev–Trinajstić information content (AvgIpc) is 2.32. The van der Waals surface area contributed by atoms with E-state index in [1.165, 1.54) is 0 Å². The molecule has 0 aromatic rings. The van der Waals surface area contributed by atoms with Gasteiger partial charge in [0.1, 0.15) is 12.3 Å². The standard InChI is InChI=1S/C12H18F2O4/c1-3-17-11(15)7-5-9(13)10(14)6-8(7)12(16)18-4-2/h7-10H,3-6H2,1-2H3. The maximum absolute atomic E-state index is 13.3. The first-order chi connectivity index (χ1) is 8.51. The van der Waals surface area contributed by atoms with E-state index in [9.17, 15) is 18.4 Å². The molecule has 0 saturated heterocycles. The van der Waals surface area contributed by atoms with Crippen molar-refractivity contribution in [2.45, 2.75) is 39.0 Å². The van der Waals surface area contributed by atoms with Crippen LogP contribution in [0.25, 0.3) is 0 Å². The monoisotopic (exact) mass is 264 g/mol. The van der Waals surface area contributed by atoms with Crippen molar-refractivity contribution in [3.05, 3.63) is 0 Å². The van der Waals surface area contributed by atoms with Gasteiger partial charge in [0, 0.05) is 0 Å². The molecule has 6 heteroatoms. The maximum atomic E-state index is 13.3.